The Morgan fingerprint density at radius 2 is 2.56 bits per heavy atom. The molecule has 1 heterocycles. The fraction of sp³-hybridized carbons (Fsp3) is 1.00. The predicted octanol–water partition coefficient (Wildman–Crippen LogP) is 0.363. The van der Waals surface area contributed by atoms with Gasteiger partial charge in [-0.1, -0.05) is 6.92 Å². The van der Waals surface area contributed by atoms with Crippen molar-refractivity contribution in [2.24, 2.45) is 0 Å². The molecule has 1 saturated heterocycles. The van der Waals surface area contributed by atoms with E-state index >= 15 is 0 Å². The first kappa shape index (κ1) is 7.03. The minimum atomic E-state index is 0.660. The monoisotopic (exact) mass is 127 g/mol. The van der Waals surface area contributed by atoms with Crippen LogP contribution < -0.4 is 10.6 Å². The van der Waals surface area contributed by atoms with E-state index in [1.165, 1.54) is 12.8 Å². The molecule has 1 N–H and O–H groups in total. The van der Waals surface area contributed by atoms with Crippen LogP contribution in [-0.2, 0) is 0 Å². The van der Waals surface area contributed by atoms with Crippen molar-refractivity contribution in [2.75, 3.05) is 19.6 Å². The summed E-state index contributed by atoms with van der Waals surface area (Å²) in [5.41, 5.74) is 0. The third kappa shape index (κ3) is 2.33. The smallest absolute Gasteiger partial charge is 0.0287 e. The zero-order valence-electron chi connectivity index (χ0n) is 6.06. The van der Waals surface area contributed by atoms with Crippen molar-refractivity contribution in [1.29, 1.82) is 0 Å². The van der Waals surface area contributed by atoms with Crippen LogP contribution in [0.4, 0.5) is 0 Å². The third-order valence-corrected chi connectivity index (χ3v) is 1.77. The predicted molar refractivity (Wildman–Crippen MR) is 38.6 cm³/mol. The lowest BCUT2D eigenvalue weighted by Crippen LogP contribution is -2.32. The van der Waals surface area contributed by atoms with E-state index in [4.69, 9.17) is 0 Å². The highest BCUT2D eigenvalue weighted by atomic mass is 15.0. The molecule has 0 aromatic heterocycles. The SMILES string of the molecule is CCC1C[N]CCCN1. The molecule has 0 amide bonds. The normalized spacial score (nSPS) is 29.7. The molecule has 0 spiro atoms. The summed E-state index contributed by atoms with van der Waals surface area (Å²) in [6.07, 6.45) is 2.43. The van der Waals surface area contributed by atoms with Crippen molar-refractivity contribution in [1.82, 2.24) is 10.6 Å². The van der Waals surface area contributed by atoms with Crippen molar-refractivity contribution < 1.29 is 0 Å². The Labute approximate surface area is 57.0 Å². The van der Waals surface area contributed by atoms with E-state index in [1.54, 1.807) is 0 Å². The van der Waals surface area contributed by atoms with Gasteiger partial charge in [-0.2, -0.15) is 0 Å². The number of nitrogens with zero attached hydrogens (tertiary/aromatic N) is 1. The zero-order valence-corrected chi connectivity index (χ0v) is 6.06. The molecule has 0 saturated carbocycles. The van der Waals surface area contributed by atoms with Gasteiger partial charge in [0.2, 0.25) is 0 Å². The van der Waals surface area contributed by atoms with E-state index in [0.29, 0.717) is 6.04 Å². The molecule has 1 aliphatic rings. The Kier molecular flexibility index (Phi) is 3.01. The summed E-state index contributed by atoms with van der Waals surface area (Å²) in [5, 5.41) is 7.80. The Morgan fingerprint density at radius 1 is 1.67 bits per heavy atom. The van der Waals surface area contributed by atoms with E-state index in [0.717, 1.165) is 19.6 Å². The first-order chi connectivity index (χ1) is 4.43. The summed E-state index contributed by atoms with van der Waals surface area (Å²) in [4.78, 5) is 0. The van der Waals surface area contributed by atoms with Gasteiger partial charge in [0.1, 0.15) is 0 Å². The largest absolute Gasteiger partial charge is 0.313 e. The molecule has 1 radical (unpaired) electrons. The maximum absolute atomic E-state index is 4.36. The molecule has 1 aliphatic heterocycles. The fourth-order valence-corrected chi connectivity index (χ4v) is 1.08. The molecule has 1 atom stereocenters. The van der Waals surface area contributed by atoms with Crippen molar-refractivity contribution in [3.63, 3.8) is 0 Å². The van der Waals surface area contributed by atoms with Crippen LogP contribution in [-0.4, -0.2) is 25.7 Å². The molecule has 0 bridgehead atoms. The molecular weight excluding hydrogens is 112 g/mol. The molecule has 2 nitrogen and oxygen atoms in total. The van der Waals surface area contributed by atoms with Crippen LogP contribution in [0.1, 0.15) is 19.8 Å². The van der Waals surface area contributed by atoms with Crippen LogP contribution in [0, 0.1) is 0 Å². The van der Waals surface area contributed by atoms with E-state index in [1.807, 2.05) is 0 Å². The zero-order chi connectivity index (χ0) is 6.53. The fourth-order valence-electron chi connectivity index (χ4n) is 1.08. The minimum absolute atomic E-state index is 0.660. The van der Waals surface area contributed by atoms with Gasteiger partial charge in [-0.3, -0.25) is 0 Å². The lowest BCUT2D eigenvalue weighted by Gasteiger charge is -2.10. The lowest BCUT2D eigenvalue weighted by atomic mass is 10.2. The van der Waals surface area contributed by atoms with Crippen molar-refractivity contribution in [3.05, 3.63) is 0 Å². The molecule has 2 heteroatoms. The molecule has 1 rings (SSSR count). The lowest BCUT2D eigenvalue weighted by molar-refractivity contribution is 0.510. The van der Waals surface area contributed by atoms with Crippen molar-refractivity contribution >= 4 is 0 Å². The summed E-state index contributed by atoms with van der Waals surface area (Å²) in [7, 11) is 0. The van der Waals surface area contributed by atoms with Gasteiger partial charge in [0, 0.05) is 19.1 Å². The van der Waals surface area contributed by atoms with Crippen LogP contribution in [0.25, 0.3) is 0 Å². The van der Waals surface area contributed by atoms with E-state index in [9.17, 15) is 0 Å². The second kappa shape index (κ2) is 3.85. The van der Waals surface area contributed by atoms with Crippen LogP contribution in [0.15, 0.2) is 0 Å². The second-order valence-electron chi connectivity index (χ2n) is 2.54. The van der Waals surface area contributed by atoms with E-state index < -0.39 is 0 Å². The molecule has 1 fully saturated rings. The molecule has 1 unspecified atom stereocenters. The van der Waals surface area contributed by atoms with E-state index in [-0.39, 0.29) is 0 Å². The molecule has 9 heavy (non-hydrogen) atoms. The van der Waals surface area contributed by atoms with Crippen LogP contribution >= 0.6 is 0 Å². The van der Waals surface area contributed by atoms with E-state index in [2.05, 4.69) is 17.6 Å². The molecule has 0 aromatic rings. The van der Waals surface area contributed by atoms with Crippen LogP contribution in [0.5, 0.6) is 0 Å². The van der Waals surface area contributed by atoms with Gasteiger partial charge >= 0.3 is 0 Å². The number of hydrogen-bond donors (Lipinski definition) is 1. The van der Waals surface area contributed by atoms with Gasteiger partial charge in [0.05, 0.1) is 0 Å². The molecule has 0 aliphatic carbocycles. The number of hydrogen-bond acceptors (Lipinski definition) is 1. The Balaban J connectivity index is 2.18. The highest BCUT2D eigenvalue weighted by Crippen LogP contribution is 1.93. The average Bonchev–Trinajstić information content (AvgIpc) is 2.13. The van der Waals surface area contributed by atoms with Gasteiger partial charge in [-0.15, -0.1) is 0 Å². The topological polar surface area (TPSA) is 26.1 Å². The Bertz CT molecular complexity index is 65.3. The molecular formula is C7H15N2. The number of rotatable bonds is 1. The van der Waals surface area contributed by atoms with Gasteiger partial charge in [0.15, 0.2) is 0 Å². The van der Waals surface area contributed by atoms with Gasteiger partial charge in [-0.25, -0.2) is 5.32 Å². The molecule has 53 valence electrons. The minimum Gasteiger partial charge on any atom is -0.313 e. The average molecular weight is 127 g/mol. The van der Waals surface area contributed by atoms with Gasteiger partial charge in [0.25, 0.3) is 0 Å². The van der Waals surface area contributed by atoms with Gasteiger partial charge < -0.3 is 5.32 Å². The molecule has 0 aromatic carbocycles. The standard InChI is InChI=1S/C7H15N2/c1-2-7-6-8-4-3-5-9-7/h7,9H,2-6H2,1H3. The Hall–Kier alpha value is -0.0800. The maximum atomic E-state index is 4.36. The first-order valence-corrected chi connectivity index (χ1v) is 3.80. The summed E-state index contributed by atoms with van der Waals surface area (Å²) < 4.78 is 0. The van der Waals surface area contributed by atoms with Crippen LogP contribution in [0.3, 0.4) is 0 Å². The summed E-state index contributed by atoms with van der Waals surface area (Å²) >= 11 is 0. The maximum Gasteiger partial charge on any atom is 0.0287 e. The van der Waals surface area contributed by atoms with Crippen molar-refractivity contribution in [3.8, 4) is 0 Å². The summed E-state index contributed by atoms with van der Waals surface area (Å²) in [6, 6.07) is 0.660. The first-order valence-electron chi connectivity index (χ1n) is 3.80. The third-order valence-electron chi connectivity index (χ3n) is 1.77. The summed E-state index contributed by atoms with van der Waals surface area (Å²) in [5.74, 6) is 0. The quantitative estimate of drug-likeness (QED) is 0.541. The number of nitrogens with one attached hydrogen (secondary N) is 1. The summed E-state index contributed by atoms with van der Waals surface area (Å²) in [6.45, 7) is 5.44. The van der Waals surface area contributed by atoms with Gasteiger partial charge in [-0.05, 0) is 19.4 Å². The highest BCUT2D eigenvalue weighted by Gasteiger charge is 2.07. The Morgan fingerprint density at radius 3 is 3.33 bits per heavy atom. The van der Waals surface area contributed by atoms with Crippen molar-refractivity contribution in [2.45, 2.75) is 25.8 Å². The second-order valence-corrected chi connectivity index (χ2v) is 2.54. The van der Waals surface area contributed by atoms with Crippen LogP contribution in [0.2, 0.25) is 0 Å². The highest BCUT2D eigenvalue weighted by molar-refractivity contribution is 4.70.